The molecular formula is C17H26N2O2. The highest BCUT2D eigenvalue weighted by Crippen LogP contribution is 2.08. The van der Waals surface area contributed by atoms with Gasteiger partial charge in [0.15, 0.2) is 0 Å². The summed E-state index contributed by atoms with van der Waals surface area (Å²) in [5, 5.41) is 2.85. The first-order valence-corrected chi connectivity index (χ1v) is 7.31. The summed E-state index contributed by atoms with van der Waals surface area (Å²) < 4.78 is 5.27. The molecule has 0 aliphatic heterocycles. The lowest BCUT2D eigenvalue weighted by molar-refractivity contribution is 0.0509. The van der Waals surface area contributed by atoms with Crippen molar-refractivity contribution >= 4 is 12.3 Å². The second-order valence-electron chi connectivity index (χ2n) is 6.39. The minimum Gasteiger partial charge on any atom is -0.444 e. The van der Waals surface area contributed by atoms with E-state index in [0.717, 1.165) is 5.56 Å². The Labute approximate surface area is 127 Å². The maximum absolute atomic E-state index is 11.8. The van der Waals surface area contributed by atoms with E-state index in [-0.39, 0.29) is 12.0 Å². The van der Waals surface area contributed by atoms with Gasteiger partial charge in [0, 0.05) is 6.21 Å². The van der Waals surface area contributed by atoms with E-state index in [1.165, 1.54) is 0 Å². The summed E-state index contributed by atoms with van der Waals surface area (Å²) in [6, 6.07) is 9.89. The standard InChI is InChI=1S/C17H26N2O2/c1-13(2)15(19-16(20)21-17(3,4)5)12-18-11-14-9-7-6-8-10-14/h6-10,12-13,15H,11H2,1-5H3,(H,19,20)/t15-/m1/s1. The first-order valence-electron chi connectivity index (χ1n) is 7.31. The number of rotatable bonds is 5. The van der Waals surface area contributed by atoms with Gasteiger partial charge >= 0.3 is 6.09 Å². The fraction of sp³-hybridized carbons (Fsp3) is 0.529. The minimum atomic E-state index is -0.493. The molecule has 0 spiro atoms. The number of alkyl carbamates (subject to hydrolysis) is 1. The van der Waals surface area contributed by atoms with Crippen LogP contribution in [0, 0.1) is 5.92 Å². The number of hydrogen-bond acceptors (Lipinski definition) is 3. The first kappa shape index (κ1) is 17.2. The molecule has 0 radical (unpaired) electrons. The summed E-state index contributed by atoms with van der Waals surface area (Å²) in [6.45, 7) is 10.2. The van der Waals surface area contributed by atoms with Crippen LogP contribution in [0.4, 0.5) is 4.79 Å². The number of nitrogens with zero attached hydrogens (tertiary/aromatic N) is 1. The van der Waals surface area contributed by atoms with E-state index < -0.39 is 11.7 Å². The van der Waals surface area contributed by atoms with Gasteiger partial charge in [-0.15, -0.1) is 0 Å². The van der Waals surface area contributed by atoms with Crippen molar-refractivity contribution in [1.29, 1.82) is 0 Å². The second kappa shape index (κ2) is 7.81. The molecule has 0 fully saturated rings. The number of nitrogens with one attached hydrogen (secondary N) is 1. The summed E-state index contributed by atoms with van der Waals surface area (Å²) >= 11 is 0. The smallest absolute Gasteiger partial charge is 0.408 e. The monoisotopic (exact) mass is 290 g/mol. The Morgan fingerprint density at radius 2 is 1.90 bits per heavy atom. The molecule has 0 aromatic heterocycles. The molecule has 1 rings (SSSR count). The van der Waals surface area contributed by atoms with Gasteiger partial charge in [-0.2, -0.15) is 0 Å². The van der Waals surface area contributed by atoms with E-state index in [0.29, 0.717) is 6.54 Å². The van der Waals surface area contributed by atoms with Crippen LogP contribution >= 0.6 is 0 Å². The SMILES string of the molecule is CC(C)[C@@H](C=NCc1ccccc1)NC(=O)OC(C)(C)C. The van der Waals surface area contributed by atoms with E-state index in [1.54, 1.807) is 6.21 Å². The Kier molecular flexibility index (Phi) is 6.40. The summed E-state index contributed by atoms with van der Waals surface area (Å²) in [7, 11) is 0. The molecule has 1 amide bonds. The van der Waals surface area contributed by atoms with Crippen LogP contribution in [-0.2, 0) is 11.3 Å². The number of benzene rings is 1. The molecule has 0 aliphatic rings. The predicted molar refractivity (Wildman–Crippen MR) is 86.6 cm³/mol. The van der Waals surface area contributed by atoms with E-state index in [9.17, 15) is 4.79 Å². The van der Waals surface area contributed by atoms with Crippen LogP contribution in [0.3, 0.4) is 0 Å². The van der Waals surface area contributed by atoms with E-state index >= 15 is 0 Å². The fourth-order valence-electron chi connectivity index (χ4n) is 1.67. The highest BCUT2D eigenvalue weighted by Gasteiger charge is 2.20. The van der Waals surface area contributed by atoms with Crippen LogP contribution in [0.25, 0.3) is 0 Å². The quantitative estimate of drug-likeness (QED) is 0.838. The van der Waals surface area contributed by atoms with Gasteiger partial charge in [-0.05, 0) is 32.3 Å². The van der Waals surface area contributed by atoms with Crippen LogP contribution in [0.15, 0.2) is 35.3 Å². The molecule has 0 saturated carbocycles. The minimum absolute atomic E-state index is 0.136. The molecule has 1 aromatic carbocycles. The van der Waals surface area contributed by atoms with Crippen molar-refractivity contribution in [3.63, 3.8) is 0 Å². The second-order valence-corrected chi connectivity index (χ2v) is 6.39. The highest BCUT2D eigenvalue weighted by molar-refractivity contribution is 5.75. The van der Waals surface area contributed by atoms with E-state index in [1.807, 2.05) is 65.0 Å². The van der Waals surface area contributed by atoms with E-state index in [2.05, 4.69) is 10.3 Å². The van der Waals surface area contributed by atoms with Crippen LogP contribution < -0.4 is 5.32 Å². The maximum Gasteiger partial charge on any atom is 0.408 e. The Bertz CT molecular complexity index is 461. The molecule has 4 heteroatoms. The molecule has 1 N–H and O–H groups in total. The molecule has 21 heavy (non-hydrogen) atoms. The van der Waals surface area contributed by atoms with Crippen LogP contribution in [0.5, 0.6) is 0 Å². The van der Waals surface area contributed by atoms with Crippen molar-refractivity contribution in [3.05, 3.63) is 35.9 Å². The van der Waals surface area contributed by atoms with Crippen molar-refractivity contribution in [2.75, 3.05) is 0 Å². The van der Waals surface area contributed by atoms with Gasteiger partial charge in [0.2, 0.25) is 0 Å². The van der Waals surface area contributed by atoms with Crippen LogP contribution in [0.2, 0.25) is 0 Å². The normalized spacial score (nSPS) is 13.4. The molecular weight excluding hydrogens is 264 g/mol. The highest BCUT2D eigenvalue weighted by atomic mass is 16.6. The topological polar surface area (TPSA) is 50.7 Å². The number of hydrogen-bond donors (Lipinski definition) is 1. The number of carbonyl (C=O) groups excluding carboxylic acids is 1. The number of ether oxygens (including phenoxy) is 1. The van der Waals surface area contributed by atoms with Crippen molar-refractivity contribution in [3.8, 4) is 0 Å². The average molecular weight is 290 g/mol. The third kappa shape index (κ3) is 7.49. The predicted octanol–water partition coefficient (Wildman–Crippen LogP) is 3.81. The lowest BCUT2D eigenvalue weighted by Crippen LogP contribution is -2.42. The molecule has 0 heterocycles. The van der Waals surface area contributed by atoms with Crippen molar-refractivity contribution < 1.29 is 9.53 Å². The molecule has 0 aliphatic carbocycles. The zero-order chi connectivity index (χ0) is 15.9. The number of carbonyl (C=O) groups is 1. The summed E-state index contributed by atoms with van der Waals surface area (Å²) in [5.41, 5.74) is 0.654. The number of amides is 1. The third-order valence-electron chi connectivity index (χ3n) is 2.78. The third-order valence-corrected chi connectivity index (χ3v) is 2.78. The first-order chi connectivity index (χ1) is 9.78. The Hall–Kier alpha value is -1.84. The molecule has 1 atom stereocenters. The zero-order valence-electron chi connectivity index (χ0n) is 13.6. The molecule has 0 saturated heterocycles. The van der Waals surface area contributed by atoms with Gasteiger partial charge in [-0.25, -0.2) is 4.79 Å². The number of aliphatic imine (C=N–C) groups is 1. The lowest BCUT2D eigenvalue weighted by Gasteiger charge is -2.23. The average Bonchev–Trinajstić information content (AvgIpc) is 2.36. The molecule has 116 valence electrons. The van der Waals surface area contributed by atoms with Crippen molar-refractivity contribution in [1.82, 2.24) is 5.32 Å². The maximum atomic E-state index is 11.8. The Balaban J connectivity index is 2.55. The van der Waals surface area contributed by atoms with E-state index in [4.69, 9.17) is 4.74 Å². The lowest BCUT2D eigenvalue weighted by atomic mass is 10.1. The van der Waals surface area contributed by atoms with Crippen molar-refractivity contribution in [2.45, 2.75) is 52.8 Å². The van der Waals surface area contributed by atoms with Gasteiger partial charge in [-0.1, -0.05) is 44.2 Å². The van der Waals surface area contributed by atoms with Crippen LogP contribution in [-0.4, -0.2) is 24.0 Å². The molecule has 0 unspecified atom stereocenters. The van der Waals surface area contributed by atoms with Crippen molar-refractivity contribution in [2.24, 2.45) is 10.9 Å². The van der Waals surface area contributed by atoms with Gasteiger partial charge in [0.1, 0.15) is 5.60 Å². The summed E-state index contributed by atoms with van der Waals surface area (Å²) in [5.74, 6) is 0.247. The fourth-order valence-corrected chi connectivity index (χ4v) is 1.67. The molecule has 4 nitrogen and oxygen atoms in total. The van der Waals surface area contributed by atoms with Gasteiger partial charge in [-0.3, -0.25) is 4.99 Å². The summed E-state index contributed by atoms with van der Waals surface area (Å²) in [4.78, 5) is 16.2. The largest absolute Gasteiger partial charge is 0.444 e. The molecule has 1 aromatic rings. The van der Waals surface area contributed by atoms with Crippen LogP contribution in [0.1, 0.15) is 40.2 Å². The van der Waals surface area contributed by atoms with Gasteiger partial charge in [0.05, 0.1) is 12.6 Å². The Morgan fingerprint density at radius 3 is 2.43 bits per heavy atom. The zero-order valence-corrected chi connectivity index (χ0v) is 13.6. The molecule has 0 bridgehead atoms. The van der Waals surface area contributed by atoms with Gasteiger partial charge < -0.3 is 10.1 Å². The Morgan fingerprint density at radius 1 is 1.29 bits per heavy atom. The van der Waals surface area contributed by atoms with Gasteiger partial charge in [0.25, 0.3) is 0 Å². The summed E-state index contributed by atoms with van der Waals surface area (Å²) in [6.07, 6.45) is 1.38.